The van der Waals surface area contributed by atoms with Gasteiger partial charge in [-0.1, -0.05) is 49.5 Å². The molecule has 2 aliphatic rings. The third-order valence-electron chi connectivity index (χ3n) is 7.58. The summed E-state index contributed by atoms with van der Waals surface area (Å²) >= 11 is 0. The van der Waals surface area contributed by atoms with Gasteiger partial charge < -0.3 is 15.2 Å². The van der Waals surface area contributed by atoms with Gasteiger partial charge in [-0.2, -0.15) is 5.26 Å². The Morgan fingerprint density at radius 2 is 2.08 bits per heavy atom. The highest BCUT2D eigenvalue weighted by molar-refractivity contribution is 5.87. The number of piperazine rings is 1. The summed E-state index contributed by atoms with van der Waals surface area (Å²) in [7, 11) is 0. The molecule has 4 rings (SSSR count). The molecule has 1 aliphatic carbocycles. The highest BCUT2D eigenvalue weighted by Gasteiger charge is 2.22. The van der Waals surface area contributed by atoms with E-state index in [0.717, 1.165) is 66.3 Å². The molecule has 0 bridgehead atoms. The largest absolute Gasteiger partial charge is 0.383 e. The molecule has 1 aromatic carbocycles. The molecule has 200 valence electrons. The molecule has 1 aliphatic heterocycles. The first-order valence-electron chi connectivity index (χ1n) is 13.9. The van der Waals surface area contributed by atoms with E-state index in [-0.39, 0.29) is 11.8 Å². The zero-order valence-electron chi connectivity index (χ0n) is 23.4. The number of rotatable bonds is 10. The van der Waals surface area contributed by atoms with E-state index in [1.807, 2.05) is 25.2 Å². The number of allylic oxidation sites excluding steroid dienone is 8. The lowest BCUT2D eigenvalue weighted by Gasteiger charge is -2.36. The maximum atomic E-state index is 9.90. The number of hydrogen-bond donors (Lipinski definition) is 2. The molecule has 6 nitrogen and oxygen atoms in total. The number of fused-ring (bicyclic) bond motifs is 1. The summed E-state index contributed by atoms with van der Waals surface area (Å²) in [6.45, 7) is 18.6. The molecular formula is C32H42N6. The van der Waals surface area contributed by atoms with E-state index in [4.69, 9.17) is 4.98 Å². The van der Waals surface area contributed by atoms with Gasteiger partial charge in [0.25, 0.3) is 0 Å². The van der Waals surface area contributed by atoms with E-state index in [0.29, 0.717) is 6.54 Å². The normalized spacial score (nSPS) is 19.8. The molecule has 2 N–H and O–H groups in total. The molecule has 1 saturated heterocycles. The van der Waals surface area contributed by atoms with Crippen LogP contribution >= 0.6 is 0 Å². The topological polar surface area (TPSA) is 71.0 Å². The lowest BCUT2D eigenvalue weighted by Crippen LogP contribution is -2.46. The lowest BCUT2D eigenvalue weighted by molar-refractivity contribution is 0.258. The number of nitrogens with one attached hydrogen (secondary N) is 2. The zero-order valence-corrected chi connectivity index (χ0v) is 23.4. The second-order valence-electron chi connectivity index (χ2n) is 10.4. The van der Waals surface area contributed by atoms with Crippen LogP contribution in [0.5, 0.6) is 0 Å². The van der Waals surface area contributed by atoms with Crippen LogP contribution in [0.25, 0.3) is 16.6 Å². The van der Waals surface area contributed by atoms with Crippen LogP contribution in [0.1, 0.15) is 45.0 Å². The third-order valence-corrected chi connectivity index (χ3v) is 7.58. The number of nitriles is 1. The van der Waals surface area contributed by atoms with Gasteiger partial charge in [-0.3, -0.25) is 4.90 Å². The molecule has 6 heteroatoms. The van der Waals surface area contributed by atoms with Crippen molar-refractivity contribution in [3.63, 3.8) is 0 Å². The van der Waals surface area contributed by atoms with E-state index in [2.05, 4.69) is 83.9 Å². The summed E-state index contributed by atoms with van der Waals surface area (Å²) < 4.78 is 0. The smallest absolute Gasteiger partial charge is 0.140 e. The van der Waals surface area contributed by atoms with Gasteiger partial charge in [0.15, 0.2) is 0 Å². The summed E-state index contributed by atoms with van der Waals surface area (Å²) in [4.78, 5) is 13.6. The molecule has 0 radical (unpaired) electrons. The van der Waals surface area contributed by atoms with Crippen molar-refractivity contribution in [2.45, 2.75) is 40.5 Å². The van der Waals surface area contributed by atoms with Crippen LogP contribution in [0.15, 0.2) is 66.4 Å². The highest BCUT2D eigenvalue weighted by atomic mass is 15.3. The standard InChI is InChI=1S/C32H42N6/c1-6-10-29(34-22-26(21-33)25-12-9-11-23(4)18-25)28(8-3)32-35-30-20-27(19-24(5)31(30)36-32)38-16-14-37(13-7-2)15-17-38/h6,8-11,18-20,25-26,34H,3,7,12-17,22H2,1-2,4-5H3,(H,35,36)/b10-6-,29-28-. The molecule has 1 fully saturated rings. The van der Waals surface area contributed by atoms with Gasteiger partial charge in [0, 0.05) is 49.7 Å². The SMILES string of the molecule is C=C/C(=C(\C=C/C)NCC(C#N)C1C=C(C)C=CC1)c1nc2c(C)cc(N3CCN(CCC)CC3)cc2[nH]1. The van der Waals surface area contributed by atoms with Gasteiger partial charge in [-0.15, -0.1) is 0 Å². The minimum Gasteiger partial charge on any atom is -0.383 e. The van der Waals surface area contributed by atoms with Crippen LogP contribution in [0, 0.1) is 30.1 Å². The average Bonchev–Trinajstić information content (AvgIpc) is 3.34. The first kappa shape index (κ1) is 27.5. The number of imidazole rings is 1. The Hall–Kier alpha value is -3.56. The molecule has 1 aromatic heterocycles. The number of anilines is 1. The van der Waals surface area contributed by atoms with Crippen molar-refractivity contribution >= 4 is 22.3 Å². The fourth-order valence-electron chi connectivity index (χ4n) is 5.54. The fraction of sp³-hybridized carbons (Fsp3) is 0.438. The van der Waals surface area contributed by atoms with Crippen molar-refractivity contribution in [2.75, 3.05) is 44.2 Å². The van der Waals surface area contributed by atoms with Gasteiger partial charge in [0.05, 0.1) is 23.0 Å². The highest BCUT2D eigenvalue weighted by Crippen LogP contribution is 2.29. The molecule has 2 aromatic rings. The molecular weight excluding hydrogens is 468 g/mol. The van der Waals surface area contributed by atoms with Crippen LogP contribution in [-0.2, 0) is 0 Å². The van der Waals surface area contributed by atoms with E-state index >= 15 is 0 Å². The Bertz CT molecular complexity index is 1290. The van der Waals surface area contributed by atoms with Crippen LogP contribution in [-0.4, -0.2) is 54.1 Å². The number of aromatic amines is 1. The number of H-pyrrole nitrogens is 1. The minimum atomic E-state index is -0.125. The number of hydrogen-bond acceptors (Lipinski definition) is 5. The maximum absolute atomic E-state index is 9.90. The van der Waals surface area contributed by atoms with Crippen molar-refractivity contribution in [3.05, 3.63) is 77.8 Å². The van der Waals surface area contributed by atoms with Crippen molar-refractivity contribution in [2.24, 2.45) is 11.8 Å². The van der Waals surface area contributed by atoms with E-state index in [9.17, 15) is 5.26 Å². The summed E-state index contributed by atoms with van der Waals surface area (Å²) in [5.41, 5.74) is 7.47. The molecule has 2 atom stereocenters. The summed E-state index contributed by atoms with van der Waals surface area (Å²) in [6.07, 6.45) is 14.5. The molecule has 2 heterocycles. The number of aryl methyl sites for hydroxylation is 1. The molecule has 38 heavy (non-hydrogen) atoms. The fourth-order valence-corrected chi connectivity index (χ4v) is 5.54. The van der Waals surface area contributed by atoms with Crippen LogP contribution in [0.4, 0.5) is 5.69 Å². The minimum absolute atomic E-state index is 0.125. The maximum Gasteiger partial charge on any atom is 0.140 e. The van der Waals surface area contributed by atoms with E-state index < -0.39 is 0 Å². The van der Waals surface area contributed by atoms with Crippen molar-refractivity contribution in [1.82, 2.24) is 20.2 Å². The molecule has 0 spiro atoms. The van der Waals surface area contributed by atoms with Crippen molar-refractivity contribution in [1.29, 1.82) is 5.26 Å². The predicted octanol–water partition coefficient (Wildman–Crippen LogP) is 6.13. The van der Waals surface area contributed by atoms with E-state index in [1.54, 1.807) is 0 Å². The Morgan fingerprint density at radius 1 is 1.29 bits per heavy atom. The second kappa shape index (κ2) is 12.8. The van der Waals surface area contributed by atoms with Gasteiger partial charge in [0.1, 0.15) is 5.82 Å². The Morgan fingerprint density at radius 3 is 2.74 bits per heavy atom. The average molecular weight is 511 g/mol. The van der Waals surface area contributed by atoms with Gasteiger partial charge in [-0.25, -0.2) is 4.98 Å². The quantitative estimate of drug-likeness (QED) is 0.376. The number of nitrogens with zero attached hydrogens (tertiary/aromatic N) is 4. The van der Waals surface area contributed by atoms with Crippen molar-refractivity contribution < 1.29 is 0 Å². The van der Waals surface area contributed by atoms with Gasteiger partial charge in [-0.05, 0) is 69.8 Å². The first-order valence-corrected chi connectivity index (χ1v) is 13.9. The van der Waals surface area contributed by atoms with Gasteiger partial charge >= 0.3 is 0 Å². The summed E-state index contributed by atoms with van der Waals surface area (Å²) in [5, 5.41) is 13.4. The van der Waals surface area contributed by atoms with Crippen molar-refractivity contribution in [3.8, 4) is 6.07 Å². The molecule has 0 saturated carbocycles. The summed E-state index contributed by atoms with van der Waals surface area (Å²) in [6, 6.07) is 7.01. The molecule has 2 unspecified atom stereocenters. The Balaban J connectivity index is 1.58. The van der Waals surface area contributed by atoms with Crippen LogP contribution < -0.4 is 10.2 Å². The summed E-state index contributed by atoms with van der Waals surface area (Å²) in [5.74, 6) is 0.876. The Labute approximate surface area is 228 Å². The van der Waals surface area contributed by atoms with Crippen LogP contribution in [0.3, 0.4) is 0 Å². The molecule has 0 amide bonds. The lowest BCUT2D eigenvalue weighted by atomic mass is 9.86. The Kier molecular flexibility index (Phi) is 9.25. The van der Waals surface area contributed by atoms with Crippen LogP contribution in [0.2, 0.25) is 0 Å². The first-order chi connectivity index (χ1) is 18.5. The zero-order chi connectivity index (χ0) is 27.1. The predicted molar refractivity (Wildman–Crippen MR) is 160 cm³/mol. The second-order valence-corrected chi connectivity index (χ2v) is 10.4. The van der Waals surface area contributed by atoms with E-state index in [1.165, 1.54) is 24.2 Å². The monoisotopic (exact) mass is 510 g/mol. The number of aromatic nitrogens is 2. The third kappa shape index (κ3) is 6.28. The van der Waals surface area contributed by atoms with Gasteiger partial charge in [0.2, 0.25) is 0 Å². The number of benzene rings is 1.